The lowest BCUT2D eigenvalue weighted by Gasteiger charge is -2.12. The highest BCUT2D eigenvalue weighted by atomic mass is 35.5. The van der Waals surface area contributed by atoms with Crippen molar-refractivity contribution in [2.75, 3.05) is 0 Å². The summed E-state index contributed by atoms with van der Waals surface area (Å²) in [6.45, 7) is 8.16. The van der Waals surface area contributed by atoms with Gasteiger partial charge in [-0.3, -0.25) is 0 Å². The molecule has 0 unspecified atom stereocenters. The Hall–Kier alpha value is -1.61. The fraction of sp³-hybridized carbons (Fsp3) is 0.375. The Labute approximate surface area is 124 Å². The van der Waals surface area contributed by atoms with Crippen LogP contribution >= 0.6 is 11.6 Å². The Kier molecular flexibility index (Phi) is 4.29. The molecule has 4 heteroatoms. The SMILES string of the molecule is Cc1cc(O)cc(C)c1Cc1cc(C(C)C)c(Cl)nn1. The average molecular weight is 291 g/mol. The molecular formula is C16H19ClN2O. The molecule has 0 spiro atoms. The zero-order chi connectivity index (χ0) is 14.9. The van der Waals surface area contributed by atoms with Gasteiger partial charge >= 0.3 is 0 Å². The molecule has 0 fully saturated rings. The summed E-state index contributed by atoms with van der Waals surface area (Å²) in [4.78, 5) is 0. The van der Waals surface area contributed by atoms with Gasteiger partial charge in [0.15, 0.2) is 5.15 Å². The normalized spacial score (nSPS) is 11.1. The first-order valence-electron chi connectivity index (χ1n) is 6.69. The van der Waals surface area contributed by atoms with Crippen LogP contribution in [-0.2, 0) is 6.42 Å². The first-order chi connectivity index (χ1) is 9.38. The highest BCUT2D eigenvalue weighted by molar-refractivity contribution is 6.30. The number of aryl methyl sites for hydroxylation is 2. The molecule has 2 rings (SSSR count). The van der Waals surface area contributed by atoms with Gasteiger partial charge in [0.05, 0.1) is 5.69 Å². The van der Waals surface area contributed by atoms with Crippen molar-refractivity contribution in [1.82, 2.24) is 10.2 Å². The Bertz CT molecular complexity index is 615. The average Bonchev–Trinajstić information content (AvgIpc) is 2.35. The Balaban J connectivity index is 2.38. The van der Waals surface area contributed by atoms with Crippen LogP contribution in [0, 0.1) is 13.8 Å². The maximum Gasteiger partial charge on any atom is 0.155 e. The Morgan fingerprint density at radius 2 is 1.70 bits per heavy atom. The molecule has 1 aromatic carbocycles. The van der Waals surface area contributed by atoms with Crippen LogP contribution in [0.3, 0.4) is 0 Å². The lowest BCUT2D eigenvalue weighted by atomic mass is 9.96. The Morgan fingerprint density at radius 3 is 2.25 bits per heavy atom. The van der Waals surface area contributed by atoms with Crippen LogP contribution in [0.25, 0.3) is 0 Å². The fourth-order valence-electron chi connectivity index (χ4n) is 2.36. The molecule has 1 heterocycles. The fourth-order valence-corrected chi connectivity index (χ4v) is 2.67. The van der Waals surface area contributed by atoms with E-state index in [1.807, 2.05) is 19.9 Å². The van der Waals surface area contributed by atoms with Crippen molar-refractivity contribution in [3.8, 4) is 5.75 Å². The predicted octanol–water partition coefficient (Wildman–Crippen LogP) is 4.17. The molecule has 2 aromatic rings. The molecule has 20 heavy (non-hydrogen) atoms. The summed E-state index contributed by atoms with van der Waals surface area (Å²) in [5, 5.41) is 18.3. The molecule has 0 aliphatic rings. The van der Waals surface area contributed by atoms with Crippen LogP contribution in [0.15, 0.2) is 18.2 Å². The molecule has 0 saturated heterocycles. The van der Waals surface area contributed by atoms with Gasteiger partial charge in [0.1, 0.15) is 5.75 Å². The number of benzene rings is 1. The van der Waals surface area contributed by atoms with Crippen LogP contribution in [-0.4, -0.2) is 15.3 Å². The van der Waals surface area contributed by atoms with Crippen molar-refractivity contribution in [3.05, 3.63) is 51.3 Å². The number of phenolic OH excluding ortho intramolecular Hbond substituents is 1. The van der Waals surface area contributed by atoms with Gasteiger partial charge in [0.2, 0.25) is 0 Å². The molecule has 1 N–H and O–H groups in total. The third-order valence-corrected chi connectivity index (χ3v) is 3.78. The van der Waals surface area contributed by atoms with E-state index in [-0.39, 0.29) is 0 Å². The molecule has 3 nitrogen and oxygen atoms in total. The molecule has 0 saturated carbocycles. The third-order valence-electron chi connectivity index (χ3n) is 3.49. The van der Waals surface area contributed by atoms with Gasteiger partial charge < -0.3 is 5.11 Å². The molecule has 0 atom stereocenters. The molecule has 0 radical (unpaired) electrons. The number of hydrogen-bond donors (Lipinski definition) is 1. The second kappa shape index (κ2) is 5.80. The summed E-state index contributed by atoms with van der Waals surface area (Å²) in [5.41, 5.74) is 5.21. The standard InChI is InChI=1S/C16H19ClN2O/c1-9(2)14-7-12(18-19-16(14)17)8-15-10(3)5-13(20)6-11(15)4/h5-7,9,20H,8H2,1-4H3. The van der Waals surface area contributed by atoms with E-state index in [0.717, 1.165) is 22.4 Å². The lowest BCUT2D eigenvalue weighted by molar-refractivity contribution is 0.474. The topological polar surface area (TPSA) is 46.0 Å². The second-order valence-electron chi connectivity index (χ2n) is 5.47. The maximum absolute atomic E-state index is 9.59. The smallest absolute Gasteiger partial charge is 0.155 e. The van der Waals surface area contributed by atoms with Crippen molar-refractivity contribution in [2.45, 2.75) is 40.0 Å². The summed E-state index contributed by atoms with van der Waals surface area (Å²) in [5.74, 6) is 0.618. The van der Waals surface area contributed by atoms with Crippen molar-refractivity contribution >= 4 is 11.6 Å². The van der Waals surface area contributed by atoms with Gasteiger partial charge in [-0.15, -0.1) is 5.10 Å². The van der Waals surface area contributed by atoms with E-state index in [1.165, 1.54) is 5.56 Å². The van der Waals surface area contributed by atoms with Gasteiger partial charge in [-0.25, -0.2) is 0 Å². The van der Waals surface area contributed by atoms with Gasteiger partial charge in [0.25, 0.3) is 0 Å². The highest BCUT2D eigenvalue weighted by Crippen LogP contribution is 2.26. The summed E-state index contributed by atoms with van der Waals surface area (Å²) in [7, 11) is 0. The first-order valence-corrected chi connectivity index (χ1v) is 7.07. The van der Waals surface area contributed by atoms with Crippen molar-refractivity contribution in [3.63, 3.8) is 0 Å². The van der Waals surface area contributed by atoms with Gasteiger partial charge in [-0.1, -0.05) is 25.4 Å². The maximum atomic E-state index is 9.59. The number of hydrogen-bond acceptors (Lipinski definition) is 3. The molecule has 0 aliphatic heterocycles. The molecular weight excluding hydrogens is 272 g/mol. The third kappa shape index (κ3) is 3.10. The molecule has 106 valence electrons. The van der Waals surface area contributed by atoms with E-state index >= 15 is 0 Å². The summed E-state index contributed by atoms with van der Waals surface area (Å²) >= 11 is 6.07. The minimum atomic E-state index is 0.300. The Morgan fingerprint density at radius 1 is 1.10 bits per heavy atom. The van der Waals surface area contributed by atoms with Crippen LogP contribution in [0.4, 0.5) is 0 Å². The minimum absolute atomic E-state index is 0.300. The van der Waals surface area contributed by atoms with Crippen LogP contribution in [0.5, 0.6) is 5.75 Å². The quantitative estimate of drug-likeness (QED) is 0.923. The number of aromatic hydroxyl groups is 1. The van der Waals surface area contributed by atoms with Crippen LogP contribution in [0.2, 0.25) is 5.15 Å². The van der Waals surface area contributed by atoms with E-state index in [0.29, 0.717) is 23.2 Å². The van der Waals surface area contributed by atoms with Crippen molar-refractivity contribution in [2.24, 2.45) is 0 Å². The molecule has 0 amide bonds. The second-order valence-corrected chi connectivity index (χ2v) is 5.83. The number of phenols is 1. The minimum Gasteiger partial charge on any atom is -0.508 e. The lowest BCUT2D eigenvalue weighted by Crippen LogP contribution is -2.02. The van der Waals surface area contributed by atoms with Crippen molar-refractivity contribution in [1.29, 1.82) is 0 Å². The number of nitrogens with zero attached hydrogens (tertiary/aromatic N) is 2. The van der Waals surface area contributed by atoms with Crippen molar-refractivity contribution < 1.29 is 5.11 Å². The van der Waals surface area contributed by atoms with E-state index in [4.69, 9.17) is 11.6 Å². The number of rotatable bonds is 3. The summed E-state index contributed by atoms with van der Waals surface area (Å²) in [6, 6.07) is 5.57. The van der Waals surface area contributed by atoms with Crippen LogP contribution in [0.1, 0.15) is 47.7 Å². The summed E-state index contributed by atoms with van der Waals surface area (Å²) in [6.07, 6.45) is 0.696. The molecule has 0 bridgehead atoms. The molecule has 1 aromatic heterocycles. The van der Waals surface area contributed by atoms with Gasteiger partial charge in [-0.2, -0.15) is 5.10 Å². The highest BCUT2D eigenvalue weighted by Gasteiger charge is 2.11. The van der Waals surface area contributed by atoms with Gasteiger partial charge in [0, 0.05) is 6.42 Å². The number of halogens is 1. The monoisotopic (exact) mass is 290 g/mol. The van der Waals surface area contributed by atoms with E-state index in [1.54, 1.807) is 12.1 Å². The predicted molar refractivity (Wildman–Crippen MR) is 81.5 cm³/mol. The van der Waals surface area contributed by atoms with Crippen LogP contribution < -0.4 is 0 Å². The zero-order valence-electron chi connectivity index (χ0n) is 12.2. The molecule has 0 aliphatic carbocycles. The largest absolute Gasteiger partial charge is 0.508 e. The first kappa shape index (κ1) is 14.8. The van der Waals surface area contributed by atoms with E-state index in [2.05, 4.69) is 24.0 Å². The zero-order valence-corrected chi connectivity index (χ0v) is 13.0. The number of aromatic nitrogens is 2. The van der Waals surface area contributed by atoms with Gasteiger partial charge in [-0.05, 0) is 60.2 Å². The van der Waals surface area contributed by atoms with E-state index in [9.17, 15) is 5.11 Å². The summed E-state index contributed by atoms with van der Waals surface area (Å²) < 4.78 is 0. The van der Waals surface area contributed by atoms with E-state index < -0.39 is 0 Å².